The summed E-state index contributed by atoms with van der Waals surface area (Å²) in [5.41, 5.74) is 5.03. The van der Waals surface area contributed by atoms with E-state index in [1.54, 1.807) is 13.2 Å². The highest BCUT2D eigenvalue weighted by atomic mass is 32.1. The molecule has 0 aliphatic rings. The summed E-state index contributed by atoms with van der Waals surface area (Å²) >= 11 is 1.46. The van der Waals surface area contributed by atoms with Gasteiger partial charge in [0.2, 0.25) is 5.91 Å². The highest BCUT2D eigenvalue weighted by Crippen LogP contribution is 2.31. The third kappa shape index (κ3) is 5.91. The fraction of sp³-hybridized carbons (Fsp3) is 0.143. The number of ether oxygens (including phenoxy) is 2. The molecule has 0 fully saturated rings. The molecule has 34 heavy (non-hydrogen) atoms. The van der Waals surface area contributed by atoms with Crippen molar-refractivity contribution >= 4 is 28.5 Å². The van der Waals surface area contributed by atoms with Crippen LogP contribution in [-0.4, -0.2) is 18.0 Å². The number of hydrogen-bond acceptors (Lipinski definition) is 5. The number of benzene rings is 3. The van der Waals surface area contributed by atoms with E-state index < -0.39 is 0 Å². The van der Waals surface area contributed by atoms with Crippen molar-refractivity contribution in [3.05, 3.63) is 100 Å². The molecule has 0 aliphatic carbocycles. The van der Waals surface area contributed by atoms with Gasteiger partial charge >= 0.3 is 0 Å². The van der Waals surface area contributed by atoms with Crippen LogP contribution in [0.1, 0.15) is 21.6 Å². The van der Waals surface area contributed by atoms with Gasteiger partial charge in [-0.25, -0.2) is 4.98 Å². The molecule has 0 atom stereocenters. The Bertz CT molecular complexity index is 1300. The lowest BCUT2D eigenvalue weighted by Crippen LogP contribution is -2.07. The zero-order chi connectivity index (χ0) is 23.9. The molecule has 0 unspecified atom stereocenters. The van der Waals surface area contributed by atoms with Gasteiger partial charge in [-0.05, 0) is 43.2 Å². The van der Waals surface area contributed by atoms with E-state index in [9.17, 15) is 4.79 Å². The van der Waals surface area contributed by atoms with Crippen LogP contribution in [0.2, 0.25) is 0 Å². The van der Waals surface area contributed by atoms with E-state index in [0.717, 1.165) is 27.3 Å². The minimum atomic E-state index is -0.243. The Hall–Kier alpha value is -3.90. The average molecular weight is 471 g/mol. The number of thiazole rings is 1. The van der Waals surface area contributed by atoms with E-state index in [-0.39, 0.29) is 5.91 Å². The number of methoxy groups -OCH3 is 1. The van der Waals surface area contributed by atoms with Gasteiger partial charge in [0.15, 0.2) is 16.6 Å². The highest BCUT2D eigenvalue weighted by Gasteiger charge is 2.11. The number of aryl methyl sites for hydroxylation is 2. The predicted molar refractivity (Wildman–Crippen MR) is 138 cm³/mol. The molecular weight excluding hydrogens is 444 g/mol. The zero-order valence-electron chi connectivity index (χ0n) is 19.4. The van der Waals surface area contributed by atoms with Crippen LogP contribution in [0.25, 0.3) is 17.3 Å². The van der Waals surface area contributed by atoms with Crippen LogP contribution >= 0.6 is 11.3 Å². The normalized spacial score (nSPS) is 10.9. The van der Waals surface area contributed by atoms with Crippen LogP contribution in [0.4, 0.5) is 5.13 Å². The molecule has 0 spiro atoms. The second kappa shape index (κ2) is 10.8. The van der Waals surface area contributed by atoms with Crippen molar-refractivity contribution in [1.82, 2.24) is 4.98 Å². The summed E-state index contributed by atoms with van der Waals surface area (Å²) in [5.74, 6) is 1.01. The summed E-state index contributed by atoms with van der Waals surface area (Å²) in [7, 11) is 1.60. The molecule has 0 aliphatic heterocycles. The highest BCUT2D eigenvalue weighted by molar-refractivity contribution is 7.16. The first kappa shape index (κ1) is 23.3. The van der Waals surface area contributed by atoms with Crippen molar-refractivity contribution in [2.75, 3.05) is 12.4 Å². The number of aromatic nitrogens is 1. The molecule has 0 radical (unpaired) electrons. The van der Waals surface area contributed by atoms with Gasteiger partial charge < -0.3 is 9.47 Å². The second-order valence-corrected chi connectivity index (χ2v) is 9.00. The third-order valence-corrected chi connectivity index (χ3v) is 6.09. The molecule has 0 saturated carbocycles. The van der Waals surface area contributed by atoms with Crippen LogP contribution < -0.4 is 14.8 Å². The van der Waals surface area contributed by atoms with Crippen molar-refractivity contribution in [1.29, 1.82) is 0 Å². The van der Waals surface area contributed by atoms with Crippen molar-refractivity contribution in [2.24, 2.45) is 0 Å². The standard InChI is InChI=1S/C28H26N2O3S/c1-19-9-13-23(14-10-19)27-20(2)34-28(30-27)29-26(31)16-12-21-11-15-24(25(17-21)32-3)33-18-22-7-5-4-6-8-22/h4-17H,18H2,1-3H3,(H,29,30,31). The molecule has 0 bridgehead atoms. The Balaban J connectivity index is 1.40. The summed E-state index contributed by atoms with van der Waals surface area (Å²) in [6.07, 6.45) is 3.22. The van der Waals surface area contributed by atoms with Crippen LogP contribution in [0.3, 0.4) is 0 Å². The minimum Gasteiger partial charge on any atom is -0.493 e. The summed E-state index contributed by atoms with van der Waals surface area (Å²) in [6, 6.07) is 23.7. The van der Waals surface area contributed by atoms with E-state index in [1.165, 1.54) is 23.0 Å². The lowest BCUT2D eigenvalue weighted by molar-refractivity contribution is -0.111. The lowest BCUT2D eigenvalue weighted by Gasteiger charge is -2.11. The van der Waals surface area contributed by atoms with Gasteiger partial charge in [-0.1, -0.05) is 66.2 Å². The fourth-order valence-electron chi connectivity index (χ4n) is 3.39. The van der Waals surface area contributed by atoms with E-state index in [1.807, 2.05) is 67.6 Å². The van der Waals surface area contributed by atoms with Gasteiger partial charge in [-0.15, -0.1) is 11.3 Å². The van der Waals surface area contributed by atoms with E-state index in [2.05, 4.69) is 29.4 Å². The fourth-order valence-corrected chi connectivity index (χ4v) is 4.23. The smallest absolute Gasteiger partial charge is 0.250 e. The predicted octanol–water partition coefficient (Wildman–Crippen LogP) is 6.67. The monoisotopic (exact) mass is 470 g/mol. The SMILES string of the molecule is COc1cc(C=CC(=O)Nc2nc(-c3ccc(C)cc3)c(C)s2)ccc1OCc1ccccc1. The lowest BCUT2D eigenvalue weighted by atomic mass is 10.1. The number of nitrogens with one attached hydrogen (secondary N) is 1. The maximum atomic E-state index is 12.5. The van der Waals surface area contributed by atoms with Gasteiger partial charge in [0.1, 0.15) is 6.61 Å². The second-order valence-electron chi connectivity index (χ2n) is 7.80. The Morgan fingerprint density at radius 3 is 2.50 bits per heavy atom. The number of nitrogens with zero attached hydrogens (tertiary/aromatic N) is 1. The van der Waals surface area contributed by atoms with Crippen molar-refractivity contribution < 1.29 is 14.3 Å². The van der Waals surface area contributed by atoms with Crippen LogP contribution in [0.5, 0.6) is 11.5 Å². The number of rotatable bonds is 8. The molecule has 4 rings (SSSR count). The third-order valence-electron chi connectivity index (χ3n) is 5.20. The molecule has 1 heterocycles. The topological polar surface area (TPSA) is 60.5 Å². The van der Waals surface area contributed by atoms with E-state index in [4.69, 9.17) is 9.47 Å². The summed E-state index contributed by atoms with van der Waals surface area (Å²) in [6.45, 7) is 4.51. The van der Waals surface area contributed by atoms with Gasteiger partial charge in [0.05, 0.1) is 12.8 Å². The number of anilines is 1. The first-order chi connectivity index (χ1) is 16.5. The number of hydrogen-bond donors (Lipinski definition) is 1. The molecule has 1 aromatic heterocycles. The van der Waals surface area contributed by atoms with Crippen molar-refractivity contribution in [3.8, 4) is 22.8 Å². The summed E-state index contributed by atoms with van der Waals surface area (Å²) in [4.78, 5) is 18.1. The number of carbonyl (C=O) groups excluding carboxylic acids is 1. The van der Waals surface area contributed by atoms with E-state index >= 15 is 0 Å². The van der Waals surface area contributed by atoms with Crippen LogP contribution in [0.15, 0.2) is 78.9 Å². The van der Waals surface area contributed by atoms with Gasteiger partial charge in [-0.3, -0.25) is 10.1 Å². The van der Waals surface area contributed by atoms with Gasteiger partial charge in [-0.2, -0.15) is 0 Å². The molecule has 1 N–H and O–H groups in total. The molecule has 4 aromatic rings. The largest absolute Gasteiger partial charge is 0.493 e. The maximum absolute atomic E-state index is 12.5. The van der Waals surface area contributed by atoms with Crippen LogP contribution in [-0.2, 0) is 11.4 Å². The average Bonchev–Trinajstić information content (AvgIpc) is 3.22. The Kier molecular flexibility index (Phi) is 7.40. The Labute approximate surface area is 203 Å². The van der Waals surface area contributed by atoms with Crippen molar-refractivity contribution in [2.45, 2.75) is 20.5 Å². The van der Waals surface area contributed by atoms with Gasteiger partial charge in [0.25, 0.3) is 0 Å². The molecule has 3 aromatic carbocycles. The van der Waals surface area contributed by atoms with Crippen LogP contribution in [0, 0.1) is 13.8 Å². The molecule has 0 saturated heterocycles. The first-order valence-corrected chi connectivity index (χ1v) is 11.7. The summed E-state index contributed by atoms with van der Waals surface area (Å²) in [5, 5.41) is 3.43. The Morgan fingerprint density at radius 2 is 1.76 bits per heavy atom. The molecule has 1 amide bonds. The quantitative estimate of drug-likeness (QED) is 0.292. The zero-order valence-corrected chi connectivity index (χ0v) is 20.2. The summed E-state index contributed by atoms with van der Waals surface area (Å²) < 4.78 is 11.4. The number of amides is 1. The molecule has 6 heteroatoms. The number of carbonyl (C=O) groups is 1. The maximum Gasteiger partial charge on any atom is 0.250 e. The molecule has 5 nitrogen and oxygen atoms in total. The van der Waals surface area contributed by atoms with E-state index in [0.29, 0.717) is 23.2 Å². The molecule has 172 valence electrons. The van der Waals surface area contributed by atoms with Crippen molar-refractivity contribution in [3.63, 3.8) is 0 Å². The first-order valence-electron chi connectivity index (χ1n) is 10.9. The van der Waals surface area contributed by atoms with Gasteiger partial charge in [0, 0.05) is 16.5 Å². The Morgan fingerprint density at radius 1 is 1.00 bits per heavy atom. The minimum absolute atomic E-state index is 0.243. The molecular formula is C28H26N2O3S.